The SMILES string of the molecule is CC(C)c1nc(CN2C[C@H]3CC[C@@H](C2)C3O)co1. The fourth-order valence-electron chi connectivity index (χ4n) is 3.31. The molecule has 1 saturated carbocycles. The van der Waals surface area contributed by atoms with E-state index >= 15 is 0 Å². The first-order valence-electron chi connectivity index (χ1n) is 6.98. The van der Waals surface area contributed by atoms with Crippen molar-refractivity contribution in [2.75, 3.05) is 13.1 Å². The second-order valence-corrected chi connectivity index (χ2v) is 6.11. The molecule has 1 aromatic rings. The van der Waals surface area contributed by atoms with Crippen LogP contribution in [0, 0.1) is 11.8 Å². The van der Waals surface area contributed by atoms with Crippen LogP contribution in [-0.4, -0.2) is 34.2 Å². The van der Waals surface area contributed by atoms with Gasteiger partial charge in [-0.05, 0) is 24.7 Å². The summed E-state index contributed by atoms with van der Waals surface area (Å²) in [5, 5.41) is 10.0. The van der Waals surface area contributed by atoms with E-state index in [4.69, 9.17) is 4.42 Å². The Hall–Kier alpha value is -0.870. The number of aromatic nitrogens is 1. The van der Waals surface area contributed by atoms with Crippen LogP contribution in [0.15, 0.2) is 10.7 Å². The lowest BCUT2D eigenvalue weighted by Crippen LogP contribution is -2.44. The minimum atomic E-state index is -0.0650. The molecule has 100 valence electrons. The largest absolute Gasteiger partial charge is 0.448 e. The Morgan fingerprint density at radius 2 is 2.06 bits per heavy atom. The van der Waals surface area contributed by atoms with Crippen LogP contribution in [0.1, 0.15) is 44.2 Å². The van der Waals surface area contributed by atoms with Gasteiger partial charge in [-0.1, -0.05) is 13.8 Å². The van der Waals surface area contributed by atoms with E-state index in [0.29, 0.717) is 17.8 Å². The fourth-order valence-corrected chi connectivity index (χ4v) is 3.31. The zero-order chi connectivity index (χ0) is 12.7. The number of fused-ring (bicyclic) bond motifs is 2. The lowest BCUT2D eigenvalue weighted by molar-refractivity contribution is 0.0134. The zero-order valence-corrected chi connectivity index (χ0v) is 11.2. The molecule has 2 fully saturated rings. The summed E-state index contributed by atoms with van der Waals surface area (Å²) in [6.07, 6.45) is 4.07. The van der Waals surface area contributed by atoms with Crippen LogP contribution in [0.3, 0.4) is 0 Å². The summed E-state index contributed by atoms with van der Waals surface area (Å²) >= 11 is 0. The first-order chi connectivity index (χ1) is 8.63. The molecule has 0 aromatic carbocycles. The van der Waals surface area contributed by atoms with Gasteiger partial charge >= 0.3 is 0 Å². The second-order valence-electron chi connectivity index (χ2n) is 6.11. The van der Waals surface area contributed by atoms with Crippen molar-refractivity contribution in [1.29, 1.82) is 0 Å². The average Bonchev–Trinajstić information content (AvgIpc) is 2.83. The second kappa shape index (κ2) is 4.67. The molecule has 2 heterocycles. The number of aliphatic hydroxyl groups is 1. The van der Waals surface area contributed by atoms with Gasteiger partial charge in [0.25, 0.3) is 0 Å². The van der Waals surface area contributed by atoms with E-state index in [1.165, 1.54) is 12.8 Å². The highest BCUT2D eigenvalue weighted by molar-refractivity contribution is 5.01. The van der Waals surface area contributed by atoms with Gasteiger partial charge in [0.15, 0.2) is 5.89 Å². The number of likely N-dealkylation sites (tertiary alicyclic amines) is 1. The molecule has 1 aromatic heterocycles. The maximum absolute atomic E-state index is 10.0. The molecule has 18 heavy (non-hydrogen) atoms. The third kappa shape index (κ3) is 2.19. The third-order valence-corrected chi connectivity index (χ3v) is 4.31. The summed E-state index contributed by atoms with van der Waals surface area (Å²) in [5.41, 5.74) is 1.02. The summed E-state index contributed by atoms with van der Waals surface area (Å²) in [4.78, 5) is 6.94. The van der Waals surface area contributed by atoms with Crippen LogP contribution < -0.4 is 0 Å². The van der Waals surface area contributed by atoms with E-state index in [-0.39, 0.29) is 6.10 Å². The van der Waals surface area contributed by atoms with Gasteiger partial charge in [-0.15, -0.1) is 0 Å². The Labute approximate surface area is 108 Å². The normalized spacial score (nSPS) is 32.3. The van der Waals surface area contributed by atoms with Crippen molar-refractivity contribution in [3.63, 3.8) is 0 Å². The van der Waals surface area contributed by atoms with Gasteiger partial charge in [-0.25, -0.2) is 4.98 Å². The molecule has 4 heteroatoms. The van der Waals surface area contributed by atoms with Crippen molar-refractivity contribution >= 4 is 0 Å². The summed E-state index contributed by atoms with van der Waals surface area (Å²) in [5.74, 6) is 2.11. The topological polar surface area (TPSA) is 49.5 Å². The van der Waals surface area contributed by atoms with Gasteiger partial charge in [-0.2, -0.15) is 0 Å². The van der Waals surface area contributed by atoms with Crippen molar-refractivity contribution in [3.05, 3.63) is 17.8 Å². The van der Waals surface area contributed by atoms with Crippen LogP contribution in [0.4, 0.5) is 0 Å². The van der Waals surface area contributed by atoms with E-state index in [2.05, 4.69) is 23.7 Å². The summed E-state index contributed by atoms with van der Waals surface area (Å²) in [7, 11) is 0. The maximum atomic E-state index is 10.0. The number of piperidine rings is 1. The van der Waals surface area contributed by atoms with Gasteiger partial charge in [0, 0.05) is 25.6 Å². The molecule has 1 saturated heterocycles. The van der Waals surface area contributed by atoms with Crippen LogP contribution in [-0.2, 0) is 6.54 Å². The van der Waals surface area contributed by atoms with Gasteiger partial charge in [0.2, 0.25) is 0 Å². The van der Waals surface area contributed by atoms with Crippen LogP contribution in [0.5, 0.6) is 0 Å². The highest BCUT2D eigenvalue weighted by Gasteiger charge is 2.40. The number of nitrogens with zero attached hydrogens (tertiary/aromatic N) is 2. The Bertz CT molecular complexity index is 402. The molecular formula is C14H22N2O2. The van der Waals surface area contributed by atoms with Crippen molar-refractivity contribution in [2.24, 2.45) is 11.8 Å². The third-order valence-electron chi connectivity index (χ3n) is 4.31. The predicted molar refractivity (Wildman–Crippen MR) is 68.1 cm³/mol. The lowest BCUT2D eigenvalue weighted by Gasteiger charge is -2.34. The smallest absolute Gasteiger partial charge is 0.196 e. The molecular weight excluding hydrogens is 228 g/mol. The fraction of sp³-hybridized carbons (Fsp3) is 0.786. The molecule has 2 aliphatic rings. The Kier molecular flexibility index (Phi) is 3.16. The van der Waals surface area contributed by atoms with Crippen molar-refractivity contribution in [3.8, 4) is 0 Å². The number of rotatable bonds is 3. The van der Waals surface area contributed by atoms with Gasteiger partial charge < -0.3 is 9.52 Å². The highest BCUT2D eigenvalue weighted by atomic mass is 16.3. The molecule has 0 spiro atoms. The number of hydrogen-bond donors (Lipinski definition) is 1. The monoisotopic (exact) mass is 250 g/mol. The number of aliphatic hydroxyl groups excluding tert-OH is 1. The van der Waals surface area contributed by atoms with Crippen molar-refractivity contribution in [1.82, 2.24) is 9.88 Å². The molecule has 4 nitrogen and oxygen atoms in total. The summed E-state index contributed by atoms with van der Waals surface area (Å²) < 4.78 is 5.47. The van der Waals surface area contributed by atoms with E-state index < -0.39 is 0 Å². The van der Waals surface area contributed by atoms with Crippen LogP contribution >= 0.6 is 0 Å². The average molecular weight is 250 g/mol. The number of oxazole rings is 1. The number of hydrogen-bond acceptors (Lipinski definition) is 4. The maximum Gasteiger partial charge on any atom is 0.196 e. The Morgan fingerprint density at radius 3 is 2.61 bits per heavy atom. The van der Waals surface area contributed by atoms with Gasteiger partial charge in [0.05, 0.1) is 11.8 Å². The predicted octanol–water partition coefficient (Wildman–Crippen LogP) is 2.00. The quantitative estimate of drug-likeness (QED) is 0.891. The molecule has 2 bridgehead atoms. The zero-order valence-electron chi connectivity index (χ0n) is 11.2. The van der Waals surface area contributed by atoms with E-state index in [0.717, 1.165) is 31.2 Å². The van der Waals surface area contributed by atoms with Crippen molar-refractivity contribution < 1.29 is 9.52 Å². The molecule has 3 rings (SSSR count). The minimum absolute atomic E-state index is 0.0650. The molecule has 0 radical (unpaired) electrons. The van der Waals surface area contributed by atoms with Gasteiger partial charge in [-0.3, -0.25) is 4.90 Å². The first-order valence-corrected chi connectivity index (χ1v) is 6.98. The minimum Gasteiger partial charge on any atom is -0.448 e. The molecule has 1 aliphatic carbocycles. The van der Waals surface area contributed by atoms with E-state index in [1.807, 2.05) is 0 Å². The standard InChI is InChI=1S/C14H22N2O2/c1-9(2)14-15-12(8-18-14)7-16-5-10-3-4-11(6-16)13(10)17/h8-11,13,17H,3-7H2,1-2H3/t10-,11+,13?. The first kappa shape index (κ1) is 12.2. The van der Waals surface area contributed by atoms with E-state index in [9.17, 15) is 5.11 Å². The van der Waals surface area contributed by atoms with Crippen molar-refractivity contribution in [2.45, 2.75) is 45.3 Å². The molecule has 1 unspecified atom stereocenters. The summed E-state index contributed by atoms with van der Waals surface area (Å²) in [6, 6.07) is 0. The summed E-state index contributed by atoms with van der Waals surface area (Å²) in [6.45, 7) is 7.04. The molecule has 0 amide bonds. The highest BCUT2D eigenvalue weighted by Crippen LogP contribution is 2.37. The van der Waals surface area contributed by atoms with Crippen LogP contribution in [0.25, 0.3) is 0 Å². The van der Waals surface area contributed by atoms with E-state index in [1.54, 1.807) is 6.26 Å². The van der Waals surface area contributed by atoms with Gasteiger partial charge in [0.1, 0.15) is 6.26 Å². The molecule has 1 aliphatic heterocycles. The molecule has 3 atom stereocenters. The lowest BCUT2D eigenvalue weighted by atomic mass is 9.95. The Morgan fingerprint density at radius 1 is 1.39 bits per heavy atom. The molecule has 1 N–H and O–H groups in total. The Balaban J connectivity index is 1.63. The van der Waals surface area contributed by atoms with Crippen LogP contribution in [0.2, 0.25) is 0 Å².